The molecule has 146 valence electrons. The summed E-state index contributed by atoms with van der Waals surface area (Å²) in [6.45, 7) is 10.2. The smallest absolute Gasteiger partial charge is 0.191 e. The summed E-state index contributed by atoms with van der Waals surface area (Å²) in [6.07, 6.45) is 0. The molecule has 0 saturated carbocycles. The van der Waals surface area contributed by atoms with E-state index in [-0.39, 0.29) is 0 Å². The first-order valence-corrected chi connectivity index (χ1v) is 9.34. The van der Waals surface area contributed by atoms with Crippen LogP contribution in [0.2, 0.25) is 0 Å². The monoisotopic (exact) mass is 364 g/mol. The predicted octanol–water partition coefficient (Wildman–Crippen LogP) is 1.10. The van der Waals surface area contributed by atoms with Crippen molar-refractivity contribution < 1.29 is 14.2 Å². The van der Waals surface area contributed by atoms with E-state index in [1.807, 2.05) is 18.2 Å². The summed E-state index contributed by atoms with van der Waals surface area (Å²) in [5.74, 6) is 1.69. The number of nitrogens with zero attached hydrogens (tertiary/aromatic N) is 2. The number of hydrogen-bond acceptors (Lipinski definition) is 5. The van der Waals surface area contributed by atoms with Gasteiger partial charge in [0, 0.05) is 39.8 Å². The van der Waals surface area contributed by atoms with Crippen LogP contribution in [-0.2, 0) is 16.0 Å². The van der Waals surface area contributed by atoms with E-state index < -0.39 is 0 Å². The fraction of sp³-hybridized carbons (Fsp3) is 0.632. The van der Waals surface area contributed by atoms with Gasteiger partial charge in [0.1, 0.15) is 12.4 Å². The van der Waals surface area contributed by atoms with Crippen molar-refractivity contribution in [3.63, 3.8) is 0 Å². The lowest BCUT2D eigenvalue weighted by Crippen LogP contribution is -2.44. The standard InChI is InChI=1S/C19H32N4O3/c1-3-20-19(21-7-8-23-9-11-25-12-10-23)22-16-17-5-4-6-18(15-17)26-14-13-24-2/h4-6,15H,3,7-14,16H2,1-2H3,(H2,20,21,22). The Balaban J connectivity index is 1.80. The second kappa shape index (κ2) is 12.5. The average molecular weight is 364 g/mol. The number of hydrogen-bond donors (Lipinski definition) is 2. The molecule has 1 aromatic rings. The van der Waals surface area contributed by atoms with Crippen molar-refractivity contribution >= 4 is 5.96 Å². The molecule has 2 N–H and O–H groups in total. The number of nitrogens with one attached hydrogen (secondary N) is 2. The maximum atomic E-state index is 5.65. The van der Waals surface area contributed by atoms with Crippen LogP contribution < -0.4 is 15.4 Å². The van der Waals surface area contributed by atoms with Gasteiger partial charge in [0.2, 0.25) is 0 Å². The molecule has 0 aliphatic carbocycles. The van der Waals surface area contributed by atoms with Crippen molar-refractivity contribution in [3.8, 4) is 5.75 Å². The van der Waals surface area contributed by atoms with E-state index in [4.69, 9.17) is 14.2 Å². The minimum absolute atomic E-state index is 0.551. The molecule has 1 aromatic carbocycles. The lowest BCUT2D eigenvalue weighted by Gasteiger charge is -2.26. The Labute approximate surface area is 156 Å². The SMILES string of the molecule is CCNC(=NCc1cccc(OCCOC)c1)NCCN1CCOCC1. The van der Waals surface area contributed by atoms with Crippen LogP contribution in [-0.4, -0.2) is 77.1 Å². The molecule has 1 saturated heterocycles. The Bertz CT molecular complexity index is 533. The highest BCUT2D eigenvalue weighted by Gasteiger charge is 2.09. The van der Waals surface area contributed by atoms with Crippen molar-refractivity contribution in [1.29, 1.82) is 0 Å². The molecule has 0 amide bonds. The molecule has 1 heterocycles. The molecular formula is C19H32N4O3. The van der Waals surface area contributed by atoms with Crippen LogP contribution >= 0.6 is 0 Å². The minimum atomic E-state index is 0.551. The van der Waals surface area contributed by atoms with Gasteiger partial charge in [-0.2, -0.15) is 0 Å². The topological polar surface area (TPSA) is 67.4 Å². The molecule has 7 heteroatoms. The zero-order chi connectivity index (χ0) is 18.5. The van der Waals surface area contributed by atoms with Crippen molar-refractivity contribution in [2.75, 3.05) is 66.3 Å². The lowest BCUT2D eigenvalue weighted by molar-refractivity contribution is 0.0389. The lowest BCUT2D eigenvalue weighted by atomic mass is 10.2. The summed E-state index contributed by atoms with van der Waals surface area (Å²) < 4.78 is 16.0. The Morgan fingerprint density at radius 3 is 2.85 bits per heavy atom. The maximum Gasteiger partial charge on any atom is 0.191 e. The molecule has 2 rings (SSSR count). The fourth-order valence-corrected chi connectivity index (χ4v) is 2.65. The summed E-state index contributed by atoms with van der Waals surface area (Å²) in [4.78, 5) is 7.08. The quantitative estimate of drug-likeness (QED) is 0.368. The third kappa shape index (κ3) is 8.03. The molecule has 26 heavy (non-hydrogen) atoms. The Morgan fingerprint density at radius 2 is 2.08 bits per heavy atom. The van der Waals surface area contributed by atoms with Crippen molar-refractivity contribution in [1.82, 2.24) is 15.5 Å². The molecule has 0 aromatic heterocycles. The van der Waals surface area contributed by atoms with Crippen molar-refractivity contribution in [2.24, 2.45) is 4.99 Å². The first-order chi connectivity index (χ1) is 12.8. The van der Waals surface area contributed by atoms with Gasteiger partial charge in [-0.3, -0.25) is 4.90 Å². The van der Waals surface area contributed by atoms with Gasteiger partial charge in [-0.1, -0.05) is 12.1 Å². The summed E-state index contributed by atoms with van der Waals surface area (Å²) in [5.41, 5.74) is 1.12. The van der Waals surface area contributed by atoms with Crippen LogP contribution in [0.4, 0.5) is 0 Å². The third-order valence-electron chi connectivity index (χ3n) is 4.04. The second-order valence-electron chi connectivity index (χ2n) is 6.06. The molecule has 0 atom stereocenters. The number of methoxy groups -OCH3 is 1. The molecule has 0 bridgehead atoms. The van der Waals surface area contributed by atoms with E-state index in [9.17, 15) is 0 Å². The van der Waals surface area contributed by atoms with Crippen LogP contribution in [0, 0.1) is 0 Å². The van der Waals surface area contributed by atoms with Gasteiger partial charge in [-0.05, 0) is 24.6 Å². The molecule has 7 nitrogen and oxygen atoms in total. The van der Waals surface area contributed by atoms with Crippen molar-refractivity contribution in [3.05, 3.63) is 29.8 Å². The van der Waals surface area contributed by atoms with E-state index in [0.717, 1.165) is 63.2 Å². The van der Waals surface area contributed by atoms with E-state index in [0.29, 0.717) is 19.8 Å². The zero-order valence-corrected chi connectivity index (χ0v) is 16.0. The van der Waals surface area contributed by atoms with Gasteiger partial charge in [0.25, 0.3) is 0 Å². The Morgan fingerprint density at radius 1 is 1.23 bits per heavy atom. The third-order valence-corrected chi connectivity index (χ3v) is 4.04. The molecule has 1 aliphatic rings. The summed E-state index contributed by atoms with van der Waals surface area (Å²) in [6, 6.07) is 8.03. The summed E-state index contributed by atoms with van der Waals surface area (Å²) in [5, 5.41) is 6.70. The highest BCUT2D eigenvalue weighted by Crippen LogP contribution is 2.14. The van der Waals surface area contributed by atoms with Gasteiger partial charge in [0.05, 0.1) is 26.4 Å². The fourth-order valence-electron chi connectivity index (χ4n) is 2.65. The predicted molar refractivity (Wildman–Crippen MR) is 104 cm³/mol. The van der Waals surface area contributed by atoms with Gasteiger partial charge < -0.3 is 24.8 Å². The van der Waals surface area contributed by atoms with Crippen LogP contribution in [0.5, 0.6) is 5.75 Å². The van der Waals surface area contributed by atoms with Crippen LogP contribution in [0.15, 0.2) is 29.3 Å². The Hall–Kier alpha value is -1.83. The van der Waals surface area contributed by atoms with E-state index >= 15 is 0 Å². The molecule has 0 radical (unpaired) electrons. The number of rotatable bonds is 10. The van der Waals surface area contributed by atoms with Gasteiger partial charge >= 0.3 is 0 Å². The number of morpholine rings is 1. The molecule has 1 aliphatic heterocycles. The Kier molecular flexibility index (Phi) is 9.86. The van der Waals surface area contributed by atoms with E-state index in [1.54, 1.807) is 7.11 Å². The molecule has 1 fully saturated rings. The molecule has 0 unspecified atom stereocenters. The number of ether oxygens (including phenoxy) is 3. The van der Waals surface area contributed by atoms with E-state index in [2.05, 4.69) is 33.5 Å². The first kappa shape index (κ1) is 20.5. The van der Waals surface area contributed by atoms with Crippen LogP contribution in [0.3, 0.4) is 0 Å². The number of benzene rings is 1. The van der Waals surface area contributed by atoms with Crippen LogP contribution in [0.1, 0.15) is 12.5 Å². The average Bonchev–Trinajstić information content (AvgIpc) is 2.67. The summed E-state index contributed by atoms with van der Waals surface area (Å²) >= 11 is 0. The number of aliphatic imine (C=N–C) groups is 1. The minimum Gasteiger partial charge on any atom is -0.491 e. The summed E-state index contributed by atoms with van der Waals surface area (Å²) in [7, 11) is 1.67. The number of guanidine groups is 1. The van der Waals surface area contributed by atoms with Gasteiger partial charge in [0.15, 0.2) is 5.96 Å². The highest BCUT2D eigenvalue weighted by molar-refractivity contribution is 5.79. The van der Waals surface area contributed by atoms with Crippen molar-refractivity contribution in [2.45, 2.75) is 13.5 Å². The molecule has 0 spiro atoms. The first-order valence-electron chi connectivity index (χ1n) is 9.34. The normalized spacial score (nSPS) is 15.7. The highest BCUT2D eigenvalue weighted by atomic mass is 16.5. The van der Waals surface area contributed by atoms with E-state index in [1.165, 1.54) is 0 Å². The largest absolute Gasteiger partial charge is 0.491 e. The zero-order valence-electron chi connectivity index (χ0n) is 16.0. The van der Waals surface area contributed by atoms with Crippen LogP contribution in [0.25, 0.3) is 0 Å². The maximum absolute atomic E-state index is 5.65. The van der Waals surface area contributed by atoms with Gasteiger partial charge in [-0.25, -0.2) is 4.99 Å². The molecular weight excluding hydrogens is 332 g/mol. The van der Waals surface area contributed by atoms with Gasteiger partial charge in [-0.15, -0.1) is 0 Å². The second-order valence-corrected chi connectivity index (χ2v) is 6.06.